The summed E-state index contributed by atoms with van der Waals surface area (Å²) < 4.78 is 12.9. The van der Waals surface area contributed by atoms with Crippen molar-refractivity contribution in [2.75, 3.05) is 5.32 Å². The van der Waals surface area contributed by atoms with Gasteiger partial charge in [0.05, 0.1) is 22.4 Å². The van der Waals surface area contributed by atoms with Gasteiger partial charge in [0, 0.05) is 12.2 Å². The fraction of sp³-hybridized carbons (Fsp3) is 0.0556. The first kappa shape index (κ1) is 18.1. The number of carbonyl (C=O) groups excluding carboxylic acids is 1. The smallest absolute Gasteiger partial charge is 0.271 e. The molecular formula is C18H13Cl2FN4O. The van der Waals surface area contributed by atoms with Gasteiger partial charge in [0.2, 0.25) is 0 Å². The second-order valence-electron chi connectivity index (χ2n) is 5.35. The van der Waals surface area contributed by atoms with E-state index in [9.17, 15) is 9.18 Å². The van der Waals surface area contributed by atoms with Crippen LogP contribution in [0.15, 0.2) is 54.9 Å². The maximum Gasteiger partial charge on any atom is 0.271 e. The highest BCUT2D eigenvalue weighted by molar-refractivity contribution is 6.42. The van der Waals surface area contributed by atoms with E-state index >= 15 is 0 Å². The lowest BCUT2D eigenvalue weighted by Gasteiger charge is -2.08. The van der Waals surface area contributed by atoms with Gasteiger partial charge in [-0.1, -0.05) is 35.3 Å². The van der Waals surface area contributed by atoms with Crippen LogP contribution in [0.5, 0.6) is 0 Å². The number of hydrogen-bond acceptors (Lipinski definition) is 4. The zero-order chi connectivity index (χ0) is 18.5. The molecule has 8 heteroatoms. The van der Waals surface area contributed by atoms with Gasteiger partial charge in [-0.25, -0.2) is 14.4 Å². The van der Waals surface area contributed by atoms with Crippen LogP contribution in [-0.4, -0.2) is 15.9 Å². The SMILES string of the molecule is O=C(NCc1ccc(F)cc1)c1cnc(Nc2ccc(Cl)c(Cl)c2)cn1. The van der Waals surface area contributed by atoms with Crippen LogP contribution >= 0.6 is 23.2 Å². The minimum atomic E-state index is -0.372. The Morgan fingerprint density at radius 3 is 2.42 bits per heavy atom. The minimum absolute atomic E-state index is 0.173. The Morgan fingerprint density at radius 2 is 1.77 bits per heavy atom. The van der Waals surface area contributed by atoms with E-state index in [2.05, 4.69) is 20.6 Å². The standard InChI is InChI=1S/C18H13Cl2FN4O/c19-14-6-5-13(7-15(14)20)25-17-10-22-16(9-23-17)18(26)24-8-11-1-3-12(21)4-2-11/h1-7,9-10H,8H2,(H,23,25)(H,24,26). The molecule has 0 bridgehead atoms. The number of halogens is 3. The van der Waals surface area contributed by atoms with E-state index in [4.69, 9.17) is 23.2 Å². The highest BCUT2D eigenvalue weighted by Crippen LogP contribution is 2.26. The molecule has 0 unspecified atom stereocenters. The summed E-state index contributed by atoms with van der Waals surface area (Å²) in [4.78, 5) is 20.3. The molecule has 0 aliphatic rings. The maximum absolute atomic E-state index is 12.9. The zero-order valence-electron chi connectivity index (χ0n) is 13.3. The third-order valence-corrected chi connectivity index (χ3v) is 4.18. The second kappa shape index (κ2) is 8.12. The summed E-state index contributed by atoms with van der Waals surface area (Å²) in [5.41, 5.74) is 1.65. The van der Waals surface area contributed by atoms with Crippen LogP contribution in [0.1, 0.15) is 16.1 Å². The van der Waals surface area contributed by atoms with E-state index in [0.717, 1.165) is 5.56 Å². The number of carbonyl (C=O) groups is 1. The van der Waals surface area contributed by atoms with Crippen molar-refractivity contribution in [3.63, 3.8) is 0 Å². The number of hydrogen-bond donors (Lipinski definition) is 2. The quantitative estimate of drug-likeness (QED) is 0.668. The van der Waals surface area contributed by atoms with Gasteiger partial charge in [0.15, 0.2) is 0 Å². The molecule has 26 heavy (non-hydrogen) atoms. The Bertz CT molecular complexity index is 917. The molecule has 3 rings (SSSR count). The van der Waals surface area contributed by atoms with E-state index in [1.165, 1.54) is 24.5 Å². The molecule has 1 heterocycles. The van der Waals surface area contributed by atoms with Crippen LogP contribution in [0.4, 0.5) is 15.9 Å². The monoisotopic (exact) mass is 390 g/mol. The second-order valence-corrected chi connectivity index (χ2v) is 6.16. The number of aromatic nitrogens is 2. The number of nitrogens with one attached hydrogen (secondary N) is 2. The topological polar surface area (TPSA) is 66.9 Å². The first-order chi connectivity index (χ1) is 12.5. The third kappa shape index (κ3) is 4.68. The molecule has 2 N–H and O–H groups in total. The molecule has 0 aliphatic carbocycles. The predicted molar refractivity (Wildman–Crippen MR) is 99.3 cm³/mol. The molecule has 1 aromatic heterocycles. The number of nitrogens with zero attached hydrogens (tertiary/aromatic N) is 2. The highest BCUT2D eigenvalue weighted by Gasteiger charge is 2.08. The minimum Gasteiger partial charge on any atom is -0.347 e. The van der Waals surface area contributed by atoms with Crippen molar-refractivity contribution in [1.82, 2.24) is 15.3 Å². The maximum atomic E-state index is 12.9. The molecule has 0 saturated heterocycles. The number of benzene rings is 2. The van der Waals surface area contributed by atoms with E-state index in [0.29, 0.717) is 21.6 Å². The Balaban J connectivity index is 1.60. The van der Waals surface area contributed by atoms with Crippen molar-refractivity contribution in [3.8, 4) is 0 Å². The molecule has 132 valence electrons. The molecular weight excluding hydrogens is 378 g/mol. The molecule has 2 aromatic carbocycles. The molecule has 0 atom stereocenters. The van der Waals surface area contributed by atoms with Crippen molar-refractivity contribution in [1.29, 1.82) is 0 Å². The van der Waals surface area contributed by atoms with E-state index in [-0.39, 0.29) is 24.0 Å². The van der Waals surface area contributed by atoms with Gasteiger partial charge in [-0.3, -0.25) is 4.79 Å². The summed E-state index contributed by atoms with van der Waals surface area (Å²) in [7, 11) is 0. The average molecular weight is 391 g/mol. The van der Waals surface area contributed by atoms with Crippen LogP contribution in [0.3, 0.4) is 0 Å². The highest BCUT2D eigenvalue weighted by atomic mass is 35.5. The van der Waals surface area contributed by atoms with Crippen LogP contribution in [0.2, 0.25) is 10.0 Å². The lowest BCUT2D eigenvalue weighted by molar-refractivity contribution is 0.0945. The Kier molecular flexibility index (Phi) is 5.65. The van der Waals surface area contributed by atoms with Crippen molar-refractivity contribution in [2.45, 2.75) is 6.54 Å². The first-order valence-corrected chi connectivity index (χ1v) is 8.33. The van der Waals surface area contributed by atoms with Gasteiger partial charge in [0.1, 0.15) is 17.3 Å². The lowest BCUT2D eigenvalue weighted by Crippen LogP contribution is -2.24. The molecule has 5 nitrogen and oxygen atoms in total. The lowest BCUT2D eigenvalue weighted by atomic mass is 10.2. The predicted octanol–water partition coefficient (Wildman–Crippen LogP) is 4.60. The molecule has 0 aliphatic heterocycles. The molecule has 3 aromatic rings. The summed E-state index contributed by atoms with van der Waals surface area (Å²) in [5.74, 6) is -0.239. The Morgan fingerprint density at radius 1 is 1.00 bits per heavy atom. The fourth-order valence-electron chi connectivity index (χ4n) is 2.11. The zero-order valence-corrected chi connectivity index (χ0v) is 14.9. The normalized spacial score (nSPS) is 10.4. The first-order valence-electron chi connectivity index (χ1n) is 7.58. The van der Waals surface area contributed by atoms with Crippen molar-refractivity contribution < 1.29 is 9.18 Å². The number of anilines is 2. The van der Waals surface area contributed by atoms with Gasteiger partial charge >= 0.3 is 0 Å². The Labute approximate surface area is 159 Å². The fourth-order valence-corrected chi connectivity index (χ4v) is 2.40. The average Bonchev–Trinajstić information content (AvgIpc) is 2.65. The summed E-state index contributed by atoms with van der Waals surface area (Å²) in [6, 6.07) is 11.0. The molecule has 0 radical (unpaired) electrons. The molecule has 0 spiro atoms. The van der Waals surface area contributed by atoms with Gasteiger partial charge in [-0.05, 0) is 35.9 Å². The van der Waals surface area contributed by atoms with Crippen molar-refractivity contribution >= 4 is 40.6 Å². The van der Waals surface area contributed by atoms with E-state index < -0.39 is 0 Å². The Hall–Kier alpha value is -2.70. The van der Waals surface area contributed by atoms with Gasteiger partial charge in [0.25, 0.3) is 5.91 Å². The van der Waals surface area contributed by atoms with E-state index in [1.54, 1.807) is 30.3 Å². The molecule has 0 fully saturated rings. The summed E-state index contributed by atoms with van der Waals surface area (Å²) >= 11 is 11.8. The molecule has 1 amide bonds. The largest absolute Gasteiger partial charge is 0.347 e. The third-order valence-electron chi connectivity index (χ3n) is 3.44. The summed E-state index contributed by atoms with van der Waals surface area (Å²) in [6.45, 7) is 0.268. The number of amides is 1. The molecule has 0 saturated carbocycles. The van der Waals surface area contributed by atoms with Crippen molar-refractivity contribution in [3.05, 3.63) is 82.0 Å². The summed E-state index contributed by atoms with van der Waals surface area (Å²) in [5, 5.41) is 6.59. The van der Waals surface area contributed by atoms with Gasteiger partial charge in [-0.2, -0.15) is 0 Å². The van der Waals surface area contributed by atoms with Crippen LogP contribution in [0.25, 0.3) is 0 Å². The van der Waals surface area contributed by atoms with Crippen LogP contribution in [-0.2, 0) is 6.54 Å². The van der Waals surface area contributed by atoms with E-state index in [1.807, 2.05) is 0 Å². The summed E-state index contributed by atoms with van der Waals surface area (Å²) in [6.07, 6.45) is 2.80. The van der Waals surface area contributed by atoms with Gasteiger partial charge < -0.3 is 10.6 Å². The van der Waals surface area contributed by atoms with Crippen molar-refractivity contribution in [2.24, 2.45) is 0 Å². The van der Waals surface area contributed by atoms with Crippen LogP contribution in [0, 0.1) is 5.82 Å². The van der Waals surface area contributed by atoms with Gasteiger partial charge in [-0.15, -0.1) is 0 Å². The van der Waals surface area contributed by atoms with Crippen LogP contribution < -0.4 is 10.6 Å². The number of rotatable bonds is 5.